The number of nitrogens with zero attached hydrogens (tertiary/aromatic N) is 1. The van der Waals surface area contributed by atoms with E-state index in [1.807, 2.05) is 6.92 Å². The number of sulfonamides is 1. The molecule has 28 heavy (non-hydrogen) atoms. The Morgan fingerprint density at radius 3 is 2.29 bits per heavy atom. The molecule has 8 nitrogen and oxygen atoms in total. The van der Waals surface area contributed by atoms with Crippen LogP contribution in [0, 0.1) is 0 Å². The summed E-state index contributed by atoms with van der Waals surface area (Å²) in [6.45, 7) is 1.54. The molecule has 0 radical (unpaired) electrons. The zero-order valence-corrected chi connectivity index (χ0v) is 15.9. The average molecular weight is 402 g/mol. The molecule has 0 aromatic heterocycles. The molecule has 2 aromatic carbocycles. The highest BCUT2D eigenvalue weighted by molar-refractivity contribution is 7.89. The fourth-order valence-corrected chi connectivity index (χ4v) is 3.85. The van der Waals surface area contributed by atoms with E-state index in [-0.39, 0.29) is 28.1 Å². The number of esters is 1. The van der Waals surface area contributed by atoms with Crippen LogP contribution in [0.15, 0.2) is 53.4 Å². The summed E-state index contributed by atoms with van der Waals surface area (Å²) in [6, 6.07) is 11.7. The summed E-state index contributed by atoms with van der Waals surface area (Å²) in [7, 11) is -3.74. The first-order chi connectivity index (χ1) is 13.3. The van der Waals surface area contributed by atoms with Crippen LogP contribution in [0.1, 0.15) is 44.4 Å². The zero-order valence-electron chi connectivity index (χ0n) is 15.0. The Labute approximate surface area is 162 Å². The normalized spacial score (nSPS) is 13.5. The third kappa shape index (κ3) is 3.80. The summed E-state index contributed by atoms with van der Waals surface area (Å²) in [4.78, 5) is 37.6. The molecule has 0 aliphatic carbocycles. The molecule has 0 saturated heterocycles. The molecule has 1 N–H and O–H groups in total. The lowest BCUT2D eigenvalue weighted by Gasteiger charge is -2.14. The van der Waals surface area contributed by atoms with Gasteiger partial charge >= 0.3 is 5.97 Å². The second-order valence-electron chi connectivity index (χ2n) is 6.07. The predicted octanol–water partition coefficient (Wildman–Crippen LogP) is 1.79. The Bertz CT molecular complexity index is 1010. The average Bonchev–Trinajstić information content (AvgIpc) is 2.95. The molecular weight excluding hydrogens is 384 g/mol. The molecule has 2 amide bonds. The number of nitrogens with one attached hydrogen (secondary N) is 1. The smallest absolute Gasteiger partial charge is 0.339 e. The number of rotatable bonds is 7. The molecule has 1 aliphatic heterocycles. The molecular formula is C19H18N2O6S. The monoisotopic (exact) mass is 402 g/mol. The molecule has 9 heteroatoms. The maximum Gasteiger partial charge on any atom is 0.339 e. The van der Waals surface area contributed by atoms with Gasteiger partial charge in [-0.2, -0.15) is 0 Å². The van der Waals surface area contributed by atoms with Crippen molar-refractivity contribution in [3.8, 4) is 0 Å². The second kappa shape index (κ2) is 7.91. The van der Waals surface area contributed by atoms with Gasteiger partial charge in [0.2, 0.25) is 10.0 Å². The highest BCUT2D eigenvalue weighted by atomic mass is 32.2. The van der Waals surface area contributed by atoms with Crippen LogP contribution in [0.5, 0.6) is 0 Å². The van der Waals surface area contributed by atoms with Crippen LogP contribution in [0.4, 0.5) is 0 Å². The lowest BCUT2D eigenvalue weighted by Crippen LogP contribution is -2.33. The van der Waals surface area contributed by atoms with Gasteiger partial charge < -0.3 is 4.74 Å². The summed E-state index contributed by atoms with van der Waals surface area (Å²) in [5.41, 5.74) is 0.494. The number of hydrogen-bond donors (Lipinski definition) is 1. The third-order valence-electron chi connectivity index (χ3n) is 4.13. The highest BCUT2D eigenvalue weighted by Gasteiger charge is 2.35. The van der Waals surface area contributed by atoms with Gasteiger partial charge in [-0.05, 0) is 36.8 Å². The number of fused-ring (bicyclic) bond motifs is 1. The Hall–Kier alpha value is -3.04. The molecule has 146 valence electrons. The van der Waals surface area contributed by atoms with Crippen LogP contribution in [0.2, 0.25) is 0 Å². The van der Waals surface area contributed by atoms with E-state index in [0.29, 0.717) is 6.42 Å². The van der Waals surface area contributed by atoms with Crippen LogP contribution in [0.25, 0.3) is 0 Å². The van der Waals surface area contributed by atoms with Crippen LogP contribution in [0.3, 0.4) is 0 Å². The Morgan fingerprint density at radius 2 is 1.68 bits per heavy atom. The van der Waals surface area contributed by atoms with Crippen molar-refractivity contribution in [2.24, 2.45) is 0 Å². The number of imide groups is 1. The van der Waals surface area contributed by atoms with Crippen LogP contribution in [-0.4, -0.2) is 44.4 Å². The van der Waals surface area contributed by atoms with Crippen molar-refractivity contribution in [2.45, 2.75) is 18.2 Å². The second-order valence-corrected chi connectivity index (χ2v) is 7.84. The van der Waals surface area contributed by atoms with E-state index >= 15 is 0 Å². The van der Waals surface area contributed by atoms with Crippen molar-refractivity contribution in [1.82, 2.24) is 9.62 Å². The van der Waals surface area contributed by atoms with Gasteiger partial charge in [-0.15, -0.1) is 0 Å². The molecule has 0 saturated carbocycles. The fourth-order valence-electron chi connectivity index (χ4n) is 2.67. The van der Waals surface area contributed by atoms with Gasteiger partial charge in [0.15, 0.2) is 6.73 Å². The summed E-state index contributed by atoms with van der Waals surface area (Å²) >= 11 is 0. The van der Waals surface area contributed by atoms with Crippen LogP contribution in [-0.2, 0) is 14.8 Å². The quantitative estimate of drug-likeness (QED) is 0.558. The van der Waals surface area contributed by atoms with Gasteiger partial charge in [0.1, 0.15) is 0 Å². The van der Waals surface area contributed by atoms with Crippen LogP contribution < -0.4 is 4.72 Å². The number of benzene rings is 2. The maximum atomic E-state index is 12.3. The lowest BCUT2D eigenvalue weighted by atomic mass is 10.1. The standard InChI is InChI=1S/C19H18N2O6S/c1-2-10-20-28(25,26)14-7-5-6-13(11-14)19(24)27-12-21-17(22)15-8-3-4-9-16(15)18(21)23/h3-9,11,20H,2,10,12H2,1H3. The van der Waals surface area contributed by atoms with Crippen LogP contribution >= 0.6 is 0 Å². The molecule has 1 aliphatic rings. The van der Waals surface area contributed by atoms with E-state index in [2.05, 4.69) is 4.72 Å². The molecule has 0 atom stereocenters. The van der Waals surface area contributed by atoms with Crippen molar-refractivity contribution in [3.63, 3.8) is 0 Å². The van der Waals surface area contributed by atoms with Gasteiger partial charge in [0, 0.05) is 6.54 Å². The molecule has 0 unspecified atom stereocenters. The van der Waals surface area contributed by atoms with Gasteiger partial charge in [0.25, 0.3) is 11.8 Å². The first-order valence-electron chi connectivity index (χ1n) is 8.57. The molecule has 0 bridgehead atoms. The van der Waals surface area contributed by atoms with Gasteiger partial charge in [-0.3, -0.25) is 9.59 Å². The largest absolute Gasteiger partial charge is 0.440 e. The summed E-state index contributed by atoms with van der Waals surface area (Å²) < 4.78 is 31.8. The minimum Gasteiger partial charge on any atom is -0.440 e. The zero-order chi connectivity index (χ0) is 20.3. The van der Waals surface area contributed by atoms with Crippen molar-refractivity contribution in [2.75, 3.05) is 13.3 Å². The molecule has 3 rings (SSSR count). The first-order valence-corrected chi connectivity index (χ1v) is 10.1. The lowest BCUT2D eigenvalue weighted by molar-refractivity contribution is 0.0228. The first kappa shape index (κ1) is 19.7. The summed E-state index contributed by atoms with van der Waals surface area (Å²) in [6.07, 6.45) is 0.626. The molecule has 0 spiro atoms. The Kier molecular flexibility index (Phi) is 5.57. The number of carbonyl (C=O) groups excluding carboxylic acids is 3. The van der Waals surface area contributed by atoms with E-state index in [1.54, 1.807) is 12.1 Å². The summed E-state index contributed by atoms with van der Waals surface area (Å²) in [5, 5.41) is 0. The Balaban J connectivity index is 1.70. The highest BCUT2D eigenvalue weighted by Crippen LogP contribution is 2.22. The summed E-state index contributed by atoms with van der Waals surface area (Å²) in [5.74, 6) is -1.94. The minimum absolute atomic E-state index is 0.00372. The van der Waals surface area contributed by atoms with Crippen molar-refractivity contribution < 1.29 is 27.5 Å². The third-order valence-corrected chi connectivity index (χ3v) is 5.58. The van der Waals surface area contributed by atoms with Crippen molar-refractivity contribution in [1.29, 1.82) is 0 Å². The number of ether oxygens (including phenoxy) is 1. The van der Waals surface area contributed by atoms with E-state index in [9.17, 15) is 22.8 Å². The predicted molar refractivity (Wildman–Crippen MR) is 99.1 cm³/mol. The van der Waals surface area contributed by atoms with E-state index in [1.165, 1.54) is 36.4 Å². The van der Waals surface area contributed by atoms with Crippen molar-refractivity contribution >= 4 is 27.8 Å². The topological polar surface area (TPSA) is 110 Å². The fraction of sp³-hybridized carbons (Fsp3) is 0.211. The van der Waals surface area contributed by atoms with Gasteiger partial charge in [-0.25, -0.2) is 22.8 Å². The number of hydrogen-bond acceptors (Lipinski definition) is 6. The number of amides is 2. The SMILES string of the molecule is CCCNS(=O)(=O)c1cccc(C(=O)OCN2C(=O)c3ccccc3C2=O)c1. The minimum atomic E-state index is -3.74. The Morgan fingerprint density at radius 1 is 1.04 bits per heavy atom. The van der Waals surface area contributed by atoms with E-state index in [0.717, 1.165) is 4.90 Å². The molecule has 0 fully saturated rings. The van der Waals surface area contributed by atoms with Gasteiger partial charge in [0.05, 0.1) is 21.6 Å². The van der Waals surface area contributed by atoms with E-state index < -0.39 is 34.5 Å². The molecule has 2 aromatic rings. The van der Waals surface area contributed by atoms with Gasteiger partial charge in [-0.1, -0.05) is 25.1 Å². The maximum absolute atomic E-state index is 12.3. The number of carbonyl (C=O) groups is 3. The van der Waals surface area contributed by atoms with Crippen molar-refractivity contribution in [3.05, 3.63) is 65.2 Å². The van der Waals surface area contributed by atoms with E-state index in [4.69, 9.17) is 4.74 Å². The molecule has 1 heterocycles.